The molecule has 1 aliphatic rings. The number of hydrogen-bond acceptors (Lipinski definition) is 3. The quantitative estimate of drug-likeness (QED) is 0.790. The van der Waals surface area contributed by atoms with Crippen LogP contribution >= 0.6 is 0 Å². The van der Waals surface area contributed by atoms with E-state index in [-0.39, 0.29) is 0 Å². The standard InChI is InChI=1S/C13H23N3O/c1-10(2)16-8-13(7-15-16)17-9-11(3)6-14-12-4-5-12/h7-8,10-12,14H,4-6,9H2,1-3H3. The fraction of sp³-hybridized carbons (Fsp3) is 0.769. The highest BCUT2D eigenvalue weighted by molar-refractivity contribution is 5.12. The van der Waals surface area contributed by atoms with Crippen LogP contribution in [0.5, 0.6) is 5.75 Å². The molecule has 1 N–H and O–H groups in total. The lowest BCUT2D eigenvalue weighted by Crippen LogP contribution is -2.26. The zero-order chi connectivity index (χ0) is 12.3. The van der Waals surface area contributed by atoms with Crippen molar-refractivity contribution >= 4 is 0 Å². The van der Waals surface area contributed by atoms with Crippen molar-refractivity contribution in [1.29, 1.82) is 0 Å². The van der Waals surface area contributed by atoms with Gasteiger partial charge in [0.15, 0.2) is 5.75 Å². The molecule has 1 atom stereocenters. The van der Waals surface area contributed by atoms with Crippen molar-refractivity contribution in [2.45, 2.75) is 45.7 Å². The van der Waals surface area contributed by atoms with E-state index in [1.54, 1.807) is 6.20 Å². The van der Waals surface area contributed by atoms with Gasteiger partial charge in [-0.3, -0.25) is 4.68 Å². The first-order chi connectivity index (χ1) is 8.15. The molecule has 1 aromatic rings. The van der Waals surface area contributed by atoms with Crippen LogP contribution in [0.4, 0.5) is 0 Å². The molecular weight excluding hydrogens is 214 g/mol. The Kier molecular flexibility index (Phi) is 4.05. The van der Waals surface area contributed by atoms with E-state index in [0.717, 1.165) is 24.9 Å². The Morgan fingerprint density at radius 2 is 2.24 bits per heavy atom. The van der Waals surface area contributed by atoms with E-state index < -0.39 is 0 Å². The second kappa shape index (κ2) is 5.54. The molecule has 1 aromatic heterocycles. The van der Waals surface area contributed by atoms with Gasteiger partial charge in [-0.1, -0.05) is 6.92 Å². The summed E-state index contributed by atoms with van der Waals surface area (Å²) in [5.41, 5.74) is 0. The van der Waals surface area contributed by atoms with Crippen LogP contribution in [0.15, 0.2) is 12.4 Å². The SMILES string of the molecule is CC(CNC1CC1)COc1cnn(C(C)C)c1. The molecule has 1 saturated carbocycles. The van der Waals surface area contributed by atoms with E-state index in [1.807, 2.05) is 10.9 Å². The average Bonchev–Trinajstić information content (AvgIpc) is 3.00. The molecule has 2 rings (SSSR count). The molecule has 17 heavy (non-hydrogen) atoms. The molecule has 0 bridgehead atoms. The largest absolute Gasteiger partial charge is 0.490 e. The third kappa shape index (κ3) is 4.04. The lowest BCUT2D eigenvalue weighted by molar-refractivity contribution is 0.255. The summed E-state index contributed by atoms with van der Waals surface area (Å²) in [5, 5.41) is 7.77. The molecule has 0 radical (unpaired) electrons. The van der Waals surface area contributed by atoms with Crippen LogP contribution in [-0.2, 0) is 0 Å². The molecule has 4 nitrogen and oxygen atoms in total. The van der Waals surface area contributed by atoms with Gasteiger partial charge in [0.2, 0.25) is 0 Å². The van der Waals surface area contributed by atoms with E-state index in [9.17, 15) is 0 Å². The first-order valence-electron chi connectivity index (χ1n) is 6.55. The van der Waals surface area contributed by atoms with Crippen molar-refractivity contribution in [3.63, 3.8) is 0 Å². The molecule has 0 aliphatic heterocycles. The Morgan fingerprint density at radius 1 is 1.47 bits per heavy atom. The molecule has 0 saturated heterocycles. The summed E-state index contributed by atoms with van der Waals surface area (Å²) in [6.45, 7) is 8.23. The van der Waals surface area contributed by atoms with Crippen LogP contribution < -0.4 is 10.1 Å². The number of nitrogens with one attached hydrogen (secondary N) is 1. The fourth-order valence-corrected chi connectivity index (χ4v) is 1.63. The summed E-state index contributed by atoms with van der Waals surface area (Å²) in [4.78, 5) is 0. The van der Waals surface area contributed by atoms with Gasteiger partial charge >= 0.3 is 0 Å². The molecule has 1 heterocycles. The first-order valence-corrected chi connectivity index (χ1v) is 6.55. The number of nitrogens with zero attached hydrogens (tertiary/aromatic N) is 2. The monoisotopic (exact) mass is 237 g/mol. The average molecular weight is 237 g/mol. The number of aromatic nitrogens is 2. The molecule has 1 aliphatic carbocycles. The molecule has 1 unspecified atom stereocenters. The lowest BCUT2D eigenvalue weighted by Gasteiger charge is -2.12. The Hall–Kier alpha value is -1.03. The van der Waals surface area contributed by atoms with E-state index in [0.29, 0.717) is 12.0 Å². The molecule has 1 fully saturated rings. The van der Waals surface area contributed by atoms with E-state index >= 15 is 0 Å². The van der Waals surface area contributed by atoms with Crippen LogP contribution in [-0.4, -0.2) is 29.0 Å². The minimum Gasteiger partial charge on any atom is -0.490 e. The maximum atomic E-state index is 5.73. The van der Waals surface area contributed by atoms with Crippen LogP contribution in [0.2, 0.25) is 0 Å². The van der Waals surface area contributed by atoms with Gasteiger partial charge in [-0.25, -0.2) is 0 Å². The van der Waals surface area contributed by atoms with Crippen molar-refractivity contribution in [3.05, 3.63) is 12.4 Å². The molecule has 4 heteroatoms. The molecule has 0 amide bonds. The highest BCUT2D eigenvalue weighted by atomic mass is 16.5. The van der Waals surface area contributed by atoms with Gasteiger partial charge in [0, 0.05) is 24.5 Å². The van der Waals surface area contributed by atoms with Crippen LogP contribution in [0, 0.1) is 5.92 Å². The Labute approximate surface area is 103 Å². The normalized spacial score (nSPS) is 17.4. The maximum absolute atomic E-state index is 5.73. The summed E-state index contributed by atoms with van der Waals surface area (Å²) < 4.78 is 7.65. The highest BCUT2D eigenvalue weighted by Gasteiger charge is 2.20. The van der Waals surface area contributed by atoms with Crippen molar-refractivity contribution in [2.24, 2.45) is 5.92 Å². The van der Waals surface area contributed by atoms with Crippen LogP contribution in [0.25, 0.3) is 0 Å². The Morgan fingerprint density at radius 3 is 2.82 bits per heavy atom. The predicted molar refractivity (Wildman–Crippen MR) is 68.3 cm³/mol. The van der Waals surface area contributed by atoms with Crippen LogP contribution in [0.1, 0.15) is 39.7 Å². The minimum atomic E-state index is 0.390. The van der Waals surface area contributed by atoms with Gasteiger partial charge in [0.1, 0.15) is 0 Å². The molecule has 0 aromatic carbocycles. The first kappa shape index (κ1) is 12.4. The molecule has 0 spiro atoms. The number of ether oxygens (including phenoxy) is 1. The van der Waals surface area contributed by atoms with Crippen molar-refractivity contribution < 1.29 is 4.74 Å². The highest BCUT2D eigenvalue weighted by Crippen LogP contribution is 2.19. The van der Waals surface area contributed by atoms with Gasteiger partial charge in [-0.05, 0) is 26.7 Å². The zero-order valence-electron chi connectivity index (χ0n) is 11.0. The maximum Gasteiger partial charge on any atom is 0.157 e. The fourth-order valence-electron chi connectivity index (χ4n) is 1.63. The second-order valence-electron chi connectivity index (χ2n) is 5.35. The second-order valence-corrected chi connectivity index (χ2v) is 5.35. The number of hydrogen-bond donors (Lipinski definition) is 1. The summed E-state index contributed by atoms with van der Waals surface area (Å²) in [5.74, 6) is 1.41. The molecular formula is C13H23N3O. The summed E-state index contributed by atoms with van der Waals surface area (Å²) in [6.07, 6.45) is 6.44. The van der Waals surface area contributed by atoms with Gasteiger partial charge in [-0.15, -0.1) is 0 Å². The predicted octanol–water partition coefficient (Wildman–Crippen LogP) is 2.23. The van der Waals surface area contributed by atoms with Gasteiger partial charge in [0.05, 0.1) is 19.0 Å². The van der Waals surface area contributed by atoms with E-state index in [1.165, 1.54) is 12.8 Å². The van der Waals surface area contributed by atoms with Gasteiger partial charge < -0.3 is 10.1 Å². The summed E-state index contributed by atoms with van der Waals surface area (Å²) in [6, 6.07) is 1.17. The lowest BCUT2D eigenvalue weighted by atomic mass is 10.2. The Balaban J connectivity index is 1.68. The van der Waals surface area contributed by atoms with Crippen molar-refractivity contribution in [3.8, 4) is 5.75 Å². The van der Waals surface area contributed by atoms with Gasteiger partial charge in [-0.2, -0.15) is 5.10 Å². The summed E-state index contributed by atoms with van der Waals surface area (Å²) in [7, 11) is 0. The third-order valence-electron chi connectivity index (χ3n) is 2.97. The van der Waals surface area contributed by atoms with Gasteiger partial charge in [0.25, 0.3) is 0 Å². The topological polar surface area (TPSA) is 39.1 Å². The Bertz CT molecular complexity index is 344. The molecule has 96 valence electrons. The zero-order valence-corrected chi connectivity index (χ0v) is 11.0. The minimum absolute atomic E-state index is 0.390. The third-order valence-corrected chi connectivity index (χ3v) is 2.97. The van der Waals surface area contributed by atoms with Crippen molar-refractivity contribution in [1.82, 2.24) is 15.1 Å². The summed E-state index contributed by atoms with van der Waals surface area (Å²) >= 11 is 0. The van der Waals surface area contributed by atoms with E-state index in [2.05, 4.69) is 31.2 Å². The van der Waals surface area contributed by atoms with Crippen LogP contribution in [0.3, 0.4) is 0 Å². The smallest absolute Gasteiger partial charge is 0.157 e. The van der Waals surface area contributed by atoms with Crippen molar-refractivity contribution in [2.75, 3.05) is 13.2 Å². The van der Waals surface area contributed by atoms with E-state index in [4.69, 9.17) is 4.74 Å². The number of rotatable bonds is 7.